The highest BCUT2D eigenvalue weighted by atomic mass is 32.2. The van der Waals surface area contributed by atoms with E-state index in [1.54, 1.807) is 6.92 Å². The Morgan fingerprint density at radius 3 is 2.65 bits per heavy atom. The van der Waals surface area contributed by atoms with Crippen molar-refractivity contribution in [3.05, 3.63) is 11.8 Å². The van der Waals surface area contributed by atoms with E-state index in [4.69, 9.17) is 9.63 Å². The number of anilines is 1. The first kappa shape index (κ1) is 16.5. The van der Waals surface area contributed by atoms with Crippen molar-refractivity contribution in [3.8, 4) is 0 Å². The van der Waals surface area contributed by atoms with Gasteiger partial charge in [0.15, 0.2) is 5.82 Å². The number of carboxylic acids is 1. The lowest BCUT2D eigenvalue weighted by atomic mass is 10.2. The molecular formula is C12H20N2O5S. The van der Waals surface area contributed by atoms with Crippen LogP contribution in [0, 0.1) is 12.8 Å². The molecule has 1 N–H and O–H groups in total. The van der Waals surface area contributed by atoms with Gasteiger partial charge >= 0.3 is 5.97 Å². The number of carboxylic acid groups (broad SMARTS) is 1. The molecule has 0 aromatic carbocycles. The van der Waals surface area contributed by atoms with Crippen LogP contribution in [0.1, 0.15) is 32.4 Å². The van der Waals surface area contributed by atoms with Crippen molar-refractivity contribution in [2.24, 2.45) is 5.92 Å². The van der Waals surface area contributed by atoms with Crippen LogP contribution in [-0.2, 0) is 14.8 Å². The van der Waals surface area contributed by atoms with Crippen LogP contribution in [0.15, 0.2) is 10.6 Å². The number of aliphatic carboxylic acids is 1. The molecule has 0 aliphatic carbocycles. The van der Waals surface area contributed by atoms with Crippen LogP contribution in [0.5, 0.6) is 0 Å². The fourth-order valence-electron chi connectivity index (χ4n) is 1.58. The fraction of sp³-hybridized carbons (Fsp3) is 0.667. The average molecular weight is 304 g/mol. The molecule has 7 nitrogen and oxygen atoms in total. The summed E-state index contributed by atoms with van der Waals surface area (Å²) in [6.45, 7) is 4.83. The standard InChI is InChI=1S/C12H20N2O5S/c1-4-5-6-20(17,18)14(8-9(2)12(15)16)11-7-10(3)19-13-11/h7,9H,4-6,8H2,1-3H3,(H,15,16). The SMILES string of the molecule is CCCCS(=O)(=O)N(CC(C)C(=O)O)c1cc(C)on1. The van der Waals surface area contributed by atoms with Crippen molar-refractivity contribution in [1.29, 1.82) is 0 Å². The van der Waals surface area contributed by atoms with E-state index in [2.05, 4.69) is 5.16 Å². The zero-order valence-electron chi connectivity index (χ0n) is 11.9. The van der Waals surface area contributed by atoms with Gasteiger partial charge in [0.05, 0.1) is 11.7 Å². The number of aromatic nitrogens is 1. The summed E-state index contributed by atoms with van der Waals surface area (Å²) in [6.07, 6.45) is 1.25. The number of rotatable bonds is 8. The molecule has 1 aromatic heterocycles. The second-order valence-electron chi connectivity index (χ2n) is 4.74. The maximum atomic E-state index is 12.3. The van der Waals surface area contributed by atoms with Crippen molar-refractivity contribution >= 4 is 21.8 Å². The monoisotopic (exact) mass is 304 g/mol. The molecule has 0 saturated heterocycles. The van der Waals surface area contributed by atoms with Crippen LogP contribution in [0.3, 0.4) is 0 Å². The van der Waals surface area contributed by atoms with E-state index < -0.39 is 21.9 Å². The van der Waals surface area contributed by atoms with Gasteiger partial charge in [-0.25, -0.2) is 8.42 Å². The average Bonchev–Trinajstić information content (AvgIpc) is 2.79. The molecule has 0 radical (unpaired) electrons. The topological polar surface area (TPSA) is 101 Å². The van der Waals surface area contributed by atoms with Crippen LogP contribution in [0.2, 0.25) is 0 Å². The normalized spacial score (nSPS) is 13.2. The van der Waals surface area contributed by atoms with Crippen molar-refractivity contribution in [2.45, 2.75) is 33.6 Å². The van der Waals surface area contributed by atoms with Crippen molar-refractivity contribution in [2.75, 3.05) is 16.6 Å². The quantitative estimate of drug-likeness (QED) is 0.783. The van der Waals surface area contributed by atoms with Crippen molar-refractivity contribution in [3.63, 3.8) is 0 Å². The van der Waals surface area contributed by atoms with Gasteiger partial charge in [0, 0.05) is 12.6 Å². The van der Waals surface area contributed by atoms with Crippen molar-refractivity contribution < 1.29 is 22.8 Å². The van der Waals surface area contributed by atoms with Gasteiger partial charge in [0.1, 0.15) is 5.76 Å². The van der Waals surface area contributed by atoms with Crippen LogP contribution in [-0.4, -0.2) is 36.9 Å². The molecule has 0 spiro atoms. The molecule has 8 heteroatoms. The first-order chi connectivity index (χ1) is 9.27. The summed E-state index contributed by atoms with van der Waals surface area (Å²) in [7, 11) is -3.61. The molecule has 0 amide bonds. The summed E-state index contributed by atoms with van der Waals surface area (Å²) < 4.78 is 30.5. The lowest BCUT2D eigenvalue weighted by molar-refractivity contribution is -0.140. The molecule has 1 aromatic rings. The molecule has 0 bridgehead atoms. The third kappa shape index (κ3) is 4.22. The molecule has 20 heavy (non-hydrogen) atoms. The summed E-state index contributed by atoms with van der Waals surface area (Å²) in [6, 6.07) is 1.48. The second-order valence-corrected chi connectivity index (χ2v) is 6.75. The predicted molar refractivity (Wildman–Crippen MR) is 74.1 cm³/mol. The fourth-order valence-corrected chi connectivity index (χ4v) is 3.28. The van der Waals surface area contributed by atoms with Gasteiger partial charge in [-0.05, 0) is 13.3 Å². The van der Waals surface area contributed by atoms with E-state index in [1.165, 1.54) is 13.0 Å². The Kier molecular flexibility index (Phi) is 5.55. The Morgan fingerprint density at radius 1 is 1.55 bits per heavy atom. The zero-order valence-corrected chi connectivity index (χ0v) is 12.7. The Hall–Kier alpha value is -1.57. The minimum absolute atomic E-state index is 0.0399. The lowest BCUT2D eigenvalue weighted by Gasteiger charge is -2.23. The van der Waals surface area contributed by atoms with Crippen LogP contribution in [0.4, 0.5) is 5.82 Å². The number of nitrogens with zero attached hydrogens (tertiary/aromatic N) is 2. The van der Waals surface area contributed by atoms with E-state index in [-0.39, 0.29) is 18.1 Å². The van der Waals surface area contributed by atoms with E-state index >= 15 is 0 Å². The molecular weight excluding hydrogens is 284 g/mol. The van der Waals surface area contributed by atoms with Gasteiger partial charge in [0.25, 0.3) is 0 Å². The first-order valence-electron chi connectivity index (χ1n) is 6.44. The highest BCUT2D eigenvalue weighted by molar-refractivity contribution is 7.92. The molecule has 1 heterocycles. The molecule has 1 unspecified atom stereocenters. The van der Waals surface area contributed by atoms with E-state index in [1.807, 2.05) is 6.92 Å². The molecule has 0 aliphatic rings. The van der Waals surface area contributed by atoms with E-state index in [9.17, 15) is 13.2 Å². The summed E-state index contributed by atoms with van der Waals surface area (Å²) in [5.74, 6) is -1.32. The second kappa shape index (κ2) is 6.74. The van der Waals surface area contributed by atoms with Gasteiger partial charge in [-0.15, -0.1) is 0 Å². The number of unbranched alkanes of at least 4 members (excludes halogenated alkanes) is 1. The summed E-state index contributed by atoms with van der Waals surface area (Å²) >= 11 is 0. The molecule has 1 rings (SSSR count). The Balaban J connectivity index is 3.04. The lowest BCUT2D eigenvalue weighted by Crippen LogP contribution is -2.38. The molecule has 0 saturated carbocycles. The van der Waals surface area contributed by atoms with E-state index in [0.29, 0.717) is 12.2 Å². The maximum Gasteiger partial charge on any atom is 0.308 e. The van der Waals surface area contributed by atoms with Crippen LogP contribution < -0.4 is 4.31 Å². The first-order valence-corrected chi connectivity index (χ1v) is 8.05. The Morgan fingerprint density at radius 2 is 2.20 bits per heavy atom. The van der Waals surface area contributed by atoms with Gasteiger partial charge in [-0.2, -0.15) is 0 Å². The smallest absolute Gasteiger partial charge is 0.308 e. The van der Waals surface area contributed by atoms with Gasteiger partial charge in [-0.1, -0.05) is 25.4 Å². The summed E-state index contributed by atoms with van der Waals surface area (Å²) in [5, 5.41) is 12.6. The summed E-state index contributed by atoms with van der Waals surface area (Å²) in [5.41, 5.74) is 0. The van der Waals surface area contributed by atoms with Gasteiger partial charge < -0.3 is 9.63 Å². The van der Waals surface area contributed by atoms with Gasteiger partial charge in [0.2, 0.25) is 10.0 Å². The van der Waals surface area contributed by atoms with E-state index in [0.717, 1.165) is 10.7 Å². The van der Waals surface area contributed by atoms with Crippen LogP contribution in [0.25, 0.3) is 0 Å². The third-order valence-electron chi connectivity index (χ3n) is 2.82. The molecule has 114 valence electrons. The molecule has 0 aliphatic heterocycles. The minimum Gasteiger partial charge on any atom is -0.481 e. The largest absolute Gasteiger partial charge is 0.481 e. The number of aryl methyl sites for hydroxylation is 1. The number of hydrogen-bond acceptors (Lipinski definition) is 5. The minimum atomic E-state index is -3.61. The molecule has 0 fully saturated rings. The highest BCUT2D eigenvalue weighted by Gasteiger charge is 2.28. The van der Waals surface area contributed by atoms with Gasteiger partial charge in [-0.3, -0.25) is 9.10 Å². The summed E-state index contributed by atoms with van der Waals surface area (Å²) in [4.78, 5) is 10.9. The zero-order chi connectivity index (χ0) is 15.3. The highest BCUT2D eigenvalue weighted by Crippen LogP contribution is 2.20. The Labute approximate surface area is 118 Å². The third-order valence-corrected chi connectivity index (χ3v) is 4.64. The van der Waals surface area contributed by atoms with Crippen molar-refractivity contribution in [1.82, 2.24) is 5.16 Å². The maximum absolute atomic E-state index is 12.3. The molecule has 1 atom stereocenters. The van der Waals surface area contributed by atoms with Crippen LogP contribution >= 0.6 is 0 Å². The Bertz CT molecular complexity index is 552. The number of hydrogen-bond donors (Lipinski definition) is 1. The predicted octanol–water partition coefficient (Wildman–Crippen LogP) is 1.64. The number of carbonyl (C=O) groups is 1. The number of sulfonamides is 1.